The molecule has 4 nitrogen and oxygen atoms in total. The number of hydrogen-bond donors (Lipinski definition) is 2. The molecule has 1 aliphatic heterocycles. The fraction of sp³-hybridized carbons (Fsp3) is 0.429. The van der Waals surface area contributed by atoms with Gasteiger partial charge >= 0.3 is 0 Å². The Morgan fingerprint density at radius 2 is 2.13 bits per heavy atom. The van der Waals surface area contributed by atoms with Gasteiger partial charge in [-0.25, -0.2) is 4.76 Å². The summed E-state index contributed by atoms with van der Waals surface area (Å²) < 4.78 is 4.62. The first-order valence-corrected chi connectivity index (χ1v) is 10.0. The van der Waals surface area contributed by atoms with Crippen molar-refractivity contribution in [2.75, 3.05) is 17.6 Å². The quantitative estimate of drug-likeness (QED) is 0.774. The molecule has 1 aromatic heterocycles. The number of nitrogens with one attached hydrogen (secondary N) is 2. The molecule has 82 valence electrons. The third-order valence-corrected chi connectivity index (χ3v) is 8.21. The Balaban J connectivity index is 2.57. The predicted octanol–water partition coefficient (Wildman–Crippen LogP) is 2.84. The molecule has 0 aliphatic carbocycles. The molecule has 1 atom stereocenters. The van der Waals surface area contributed by atoms with Crippen molar-refractivity contribution in [1.29, 1.82) is 0 Å². The second-order valence-electron chi connectivity index (χ2n) is 3.00. The summed E-state index contributed by atoms with van der Waals surface area (Å²) in [5.74, 6) is 0.851. The van der Waals surface area contributed by atoms with Gasteiger partial charge in [0.15, 0.2) is 11.4 Å². The summed E-state index contributed by atoms with van der Waals surface area (Å²) in [5, 5.41) is 11.4. The van der Waals surface area contributed by atoms with E-state index in [1.54, 1.807) is 23.1 Å². The number of nitrogens with zero attached hydrogens (tertiary/aromatic N) is 2. The first-order valence-electron chi connectivity index (χ1n) is 4.23. The summed E-state index contributed by atoms with van der Waals surface area (Å²) in [6, 6.07) is 0. The zero-order valence-corrected chi connectivity index (χ0v) is 11.9. The lowest BCUT2D eigenvalue weighted by atomic mass is 10.2. The molecule has 2 rings (SSSR count). The number of aromatic amines is 1. The lowest BCUT2D eigenvalue weighted by Gasteiger charge is -2.22. The van der Waals surface area contributed by atoms with Gasteiger partial charge in [-0.2, -0.15) is 5.10 Å². The van der Waals surface area contributed by atoms with E-state index in [0.717, 1.165) is 22.1 Å². The molecule has 1 aromatic rings. The van der Waals surface area contributed by atoms with Crippen molar-refractivity contribution >= 4 is 51.4 Å². The number of H-pyrrole nitrogens is 1. The van der Waals surface area contributed by atoms with Crippen LogP contribution in [-0.2, 0) is 11.8 Å². The highest BCUT2D eigenvalue weighted by atomic mass is 32.9. The van der Waals surface area contributed by atoms with Crippen molar-refractivity contribution in [3.8, 4) is 0 Å². The van der Waals surface area contributed by atoms with Crippen LogP contribution in [0.3, 0.4) is 0 Å². The van der Waals surface area contributed by atoms with Gasteiger partial charge < -0.3 is 5.09 Å². The topological polar surface area (TPSA) is 53.1 Å². The van der Waals surface area contributed by atoms with E-state index < -0.39 is 5.54 Å². The third-order valence-electron chi connectivity index (χ3n) is 2.07. The van der Waals surface area contributed by atoms with Crippen LogP contribution < -0.4 is 5.09 Å². The number of aromatic nitrogens is 2. The Morgan fingerprint density at radius 1 is 1.40 bits per heavy atom. The number of anilines is 1. The Hall–Kier alpha value is 0.0300. The molecule has 0 aromatic carbocycles. The number of rotatable bonds is 1. The highest BCUT2D eigenvalue weighted by Crippen LogP contribution is 2.61. The van der Waals surface area contributed by atoms with Gasteiger partial charge in [-0.3, -0.25) is 5.10 Å². The van der Waals surface area contributed by atoms with Crippen molar-refractivity contribution in [3.63, 3.8) is 0 Å². The molecule has 1 aliphatic rings. The van der Waals surface area contributed by atoms with E-state index in [9.17, 15) is 0 Å². The van der Waals surface area contributed by atoms with Crippen LogP contribution in [0.15, 0.2) is 4.76 Å². The molecule has 8 heteroatoms. The molecular weight excluding hydrogens is 267 g/mol. The van der Waals surface area contributed by atoms with Gasteiger partial charge in [-0.05, 0) is 31.2 Å². The van der Waals surface area contributed by atoms with E-state index in [0.29, 0.717) is 0 Å². The fourth-order valence-electron chi connectivity index (χ4n) is 1.33. The Bertz CT molecular complexity index is 467. The van der Waals surface area contributed by atoms with Crippen molar-refractivity contribution in [3.05, 3.63) is 11.3 Å². The Kier molecular flexibility index (Phi) is 3.17. The summed E-state index contributed by atoms with van der Waals surface area (Å²) in [7, 11) is 0. The Morgan fingerprint density at radius 3 is 2.73 bits per heavy atom. The van der Waals surface area contributed by atoms with E-state index >= 15 is 0 Å². The normalized spacial score (nSPS) is 24.3. The monoisotopic (exact) mass is 278 g/mol. The maximum atomic E-state index is 5.49. The van der Waals surface area contributed by atoms with E-state index in [1.807, 2.05) is 19.4 Å². The maximum Gasteiger partial charge on any atom is 0.197 e. The molecule has 15 heavy (non-hydrogen) atoms. The second kappa shape index (κ2) is 4.13. The highest BCUT2D eigenvalue weighted by molar-refractivity contribution is 8.70. The molecule has 0 saturated heterocycles. The maximum absolute atomic E-state index is 5.49. The predicted molar refractivity (Wildman–Crippen MR) is 74.8 cm³/mol. The van der Waals surface area contributed by atoms with Crippen molar-refractivity contribution in [2.24, 2.45) is 4.76 Å². The van der Waals surface area contributed by atoms with Crippen LogP contribution in [0.1, 0.15) is 11.3 Å². The molecule has 0 saturated carbocycles. The summed E-state index contributed by atoms with van der Waals surface area (Å²) in [6.45, 7) is 1.99. The molecule has 0 amide bonds. The van der Waals surface area contributed by atoms with E-state index in [4.69, 9.17) is 11.8 Å². The Labute approximate surface area is 102 Å². The summed E-state index contributed by atoms with van der Waals surface area (Å²) in [4.78, 5) is 0. The number of fused-ring (bicyclic) bond motifs is 1. The largest absolute Gasteiger partial charge is 0.315 e. The summed E-state index contributed by atoms with van der Waals surface area (Å²) in [5.41, 5.74) is 0.200. The van der Waals surface area contributed by atoms with Crippen LogP contribution in [0.4, 0.5) is 5.82 Å². The van der Waals surface area contributed by atoms with Crippen LogP contribution in [0.5, 0.6) is 0 Å². The van der Waals surface area contributed by atoms with Crippen LogP contribution >= 0.6 is 28.7 Å². The number of hydrogen-bond acceptors (Lipinski definition) is 4. The standard InChI is InChI=1S/C7H11N4PS3/c1-4-5-6(9-8-4)10-12(13,15-3)11-7(5)14-2/h1-3H3,(H2,8,9,10,11,13). The molecule has 2 heterocycles. The van der Waals surface area contributed by atoms with Crippen LogP contribution in [0, 0.1) is 6.92 Å². The average molecular weight is 278 g/mol. The van der Waals surface area contributed by atoms with Crippen LogP contribution in [-0.4, -0.2) is 27.8 Å². The van der Waals surface area contributed by atoms with Crippen molar-refractivity contribution < 1.29 is 0 Å². The SMILES string of the molecule is CSC1=NP(=S)(SC)Nc2n[nH]c(C)c21. The first kappa shape index (κ1) is 11.5. The van der Waals surface area contributed by atoms with Crippen molar-refractivity contribution in [1.82, 2.24) is 10.2 Å². The molecule has 1 unspecified atom stereocenters. The molecule has 0 bridgehead atoms. The molecule has 0 fully saturated rings. The minimum Gasteiger partial charge on any atom is -0.315 e. The highest BCUT2D eigenvalue weighted by Gasteiger charge is 2.28. The third kappa shape index (κ3) is 1.98. The summed E-state index contributed by atoms with van der Waals surface area (Å²) in [6.07, 6.45) is 4.00. The summed E-state index contributed by atoms with van der Waals surface area (Å²) >= 11 is 8.71. The number of thioether (sulfide) groups is 1. The van der Waals surface area contributed by atoms with Crippen LogP contribution in [0.25, 0.3) is 0 Å². The minimum atomic E-state index is -1.90. The zero-order chi connectivity index (χ0) is 11.1. The molecule has 0 radical (unpaired) electrons. The van der Waals surface area contributed by atoms with Gasteiger partial charge in [-0.1, -0.05) is 11.4 Å². The van der Waals surface area contributed by atoms with Crippen molar-refractivity contribution in [2.45, 2.75) is 6.92 Å². The van der Waals surface area contributed by atoms with Gasteiger partial charge in [0.05, 0.1) is 5.56 Å². The second-order valence-corrected chi connectivity index (χ2v) is 10.6. The smallest absolute Gasteiger partial charge is 0.197 e. The molecular formula is C7H11N4PS3. The van der Waals surface area contributed by atoms with Crippen LogP contribution in [0.2, 0.25) is 0 Å². The number of aryl methyl sites for hydroxylation is 1. The van der Waals surface area contributed by atoms with E-state index in [2.05, 4.69) is 20.0 Å². The first-order chi connectivity index (χ1) is 7.09. The fourth-order valence-corrected chi connectivity index (χ4v) is 5.31. The van der Waals surface area contributed by atoms with Gasteiger partial charge in [-0.15, -0.1) is 11.8 Å². The van der Waals surface area contributed by atoms with Gasteiger partial charge in [0.2, 0.25) is 0 Å². The molecule has 2 N–H and O–H groups in total. The lowest BCUT2D eigenvalue weighted by Crippen LogP contribution is -2.07. The zero-order valence-electron chi connectivity index (χ0n) is 8.57. The van der Waals surface area contributed by atoms with Gasteiger partial charge in [0, 0.05) is 5.69 Å². The van der Waals surface area contributed by atoms with Gasteiger partial charge in [0.1, 0.15) is 5.04 Å². The minimum absolute atomic E-state index is 0.851. The average Bonchev–Trinajstić information content (AvgIpc) is 2.59. The van der Waals surface area contributed by atoms with Gasteiger partial charge in [0.25, 0.3) is 0 Å². The molecule has 0 spiro atoms. The van der Waals surface area contributed by atoms with E-state index in [1.165, 1.54) is 0 Å². The van der Waals surface area contributed by atoms with E-state index in [-0.39, 0.29) is 0 Å². The lowest BCUT2D eigenvalue weighted by molar-refractivity contribution is 1.05.